The first-order valence-corrected chi connectivity index (χ1v) is 20.1. The molecule has 48 heavy (non-hydrogen) atoms. The van der Waals surface area contributed by atoms with Crippen LogP contribution in [0.5, 0.6) is 23.0 Å². The van der Waals surface area contributed by atoms with Crippen LogP contribution in [-0.2, 0) is 6.42 Å². The molecule has 0 spiro atoms. The minimum absolute atomic E-state index is 0.0561. The molecule has 0 aliphatic rings. The summed E-state index contributed by atoms with van der Waals surface area (Å²) in [5, 5.41) is 21.3. The lowest BCUT2D eigenvalue weighted by Crippen LogP contribution is -2.04. The zero-order valence-corrected chi connectivity index (χ0v) is 33.7. The number of allylic oxidation sites excluding steroid dienone is 2. The molecule has 0 heterocycles. The lowest BCUT2D eigenvalue weighted by atomic mass is 9.88. The van der Waals surface area contributed by atoms with Gasteiger partial charge in [0.2, 0.25) is 11.5 Å². The predicted octanol–water partition coefficient (Wildman–Crippen LogP) is 13.8. The first-order valence-electron chi connectivity index (χ1n) is 20.1. The Morgan fingerprint density at radius 3 is 1.17 bits per heavy atom. The molecular formula is C44H80O4. The minimum atomic E-state index is 0.0561. The number of rotatable bonds is 28. The standard InChI is InChI=1S/C44H80O4/c1-32(2)18-12-19-33(3)20-13-21-34(4)22-14-23-35(5)24-15-25-36(6)26-16-27-37(7)28-17-29-38(8)30-31-40-39(9)41(45)43(47-10)44(48-11)42(40)46/h18,33-38,45-46H,12-17,19-31H2,1-11H3. The third kappa shape index (κ3) is 18.2. The van der Waals surface area contributed by atoms with Crippen LogP contribution in [0.15, 0.2) is 11.6 Å². The van der Waals surface area contributed by atoms with Crippen LogP contribution in [0.4, 0.5) is 0 Å². The van der Waals surface area contributed by atoms with E-state index in [0.29, 0.717) is 11.5 Å². The number of methoxy groups -OCH3 is 2. The summed E-state index contributed by atoms with van der Waals surface area (Å²) in [6.45, 7) is 20.9. The van der Waals surface area contributed by atoms with E-state index in [9.17, 15) is 10.2 Å². The molecule has 0 fully saturated rings. The van der Waals surface area contributed by atoms with E-state index < -0.39 is 0 Å². The van der Waals surface area contributed by atoms with Crippen molar-refractivity contribution in [3.05, 3.63) is 22.8 Å². The fourth-order valence-electron chi connectivity index (χ4n) is 7.51. The molecule has 0 saturated carbocycles. The van der Waals surface area contributed by atoms with Crippen molar-refractivity contribution in [1.29, 1.82) is 0 Å². The predicted molar refractivity (Wildman–Crippen MR) is 209 cm³/mol. The van der Waals surface area contributed by atoms with Gasteiger partial charge in [-0.2, -0.15) is 0 Å². The zero-order valence-electron chi connectivity index (χ0n) is 33.7. The van der Waals surface area contributed by atoms with E-state index in [4.69, 9.17) is 9.47 Å². The molecule has 4 nitrogen and oxygen atoms in total. The maximum atomic E-state index is 10.8. The fourth-order valence-corrected chi connectivity index (χ4v) is 7.51. The molecule has 6 atom stereocenters. The highest BCUT2D eigenvalue weighted by Crippen LogP contribution is 2.48. The molecule has 0 radical (unpaired) electrons. The Bertz CT molecular complexity index is 1010. The first kappa shape index (κ1) is 44.2. The summed E-state index contributed by atoms with van der Waals surface area (Å²) in [7, 11) is 2.96. The molecule has 0 aliphatic carbocycles. The van der Waals surface area contributed by atoms with Crippen LogP contribution in [0.3, 0.4) is 0 Å². The van der Waals surface area contributed by atoms with E-state index in [1.165, 1.54) is 129 Å². The molecule has 0 aromatic heterocycles. The Morgan fingerprint density at radius 2 is 0.833 bits per heavy atom. The number of phenols is 2. The van der Waals surface area contributed by atoms with Crippen molar-refractivity contribution in [2.75, 3.05) is 14.2 Å². The Morgan fingerprint density at radius 1 is 0.521 bits per heavy atom. The summed E-state index contributed by atoms with van der Waals surface area (Å²) in [5.41, 5.74) is 2.89. The molecule has 6 unspecified atom stereocenters. The van der Waals surface area contributed by atoms with Crippen molar-refractivity contribution in [3.63, 3.8) is 0 Å². The summed E-state index contributed by atoms with van der Waals surface area (Å²) in [4.78, 5) is 0. The van der Waals surface area contributed by atoms with Gasteiger partial charge in [0.15, 0.2) is 11.5 Å². The molecule has 1 aromatic rings. The number of aromatic hydroxyl groups is 2. The van der Waals surface area contributed by atoms with Crippen LogP contribution in [0, 0.1) is 42.4 Å². The second-order valence-electron chi connectivity index (χ2n) is 16.6. The van der Waals surface area contributed by atoms with E-state index >= 15 is 0 Å². The van der Waals surface area contributed by atoms with Gasteiger partial charge in [0, 0.05) is 11.1 Å². The van der Waals surface area contributed by atoms with Gasteiger partial charge in [-0.05, 0) is 82.0 Å². The number of benzene rings is 1. The fraction of sp³-hybridized carbons (Fsp3) is 0.818. The summed E-state index contributed by atoms with van der Waals surface area (Å²) in [5.74, 6) is 5.40. The highest BCUT2D eigenvalue weighted by Gasteiger charge is 2.23. The average molecular weight is 673 g/mol. The van der Waals surface area contributed by atoms with E-state index in [-0.39, 0.29) is 23.0 Å². The third-order valence-corrected chi connectivity index (χ3v) is 11.2. The largest absolute Gasteiger partial charge is 0.504 e. The van der Waals surface area contributed by atoms with Crippen molar-refractivity contribution in [2.45, 2.75) is 184 Å². The molecule has 2 N–H and O–H groups in total. The summed E-state index contributed by atoms with van der Waals surface area (Å²) >= 11 is 0. The smallest absolute Gasteiger partial charge is 0.207 e. The summed E-state index contributed by atoms with van der Waals surface area (Å²) in [6, 6.07) is 0. The molecule has 0 amide bonds. The van der Waals surface area contributed by atoms with Crippen LogP contribution >= 0.6 is 0 Å². The van der Waals surface area contributed by atoms with Gasteiger partial charge in [-0.15, -0.1) is 0 Å². The Hall–Kier alpha value is -1.84. The molecule has 4 heteroatoms. The number of hydrogen-bond acceptors (Lipinski definition) is 4. The van der Waals surface area contributed by atoms with Gasteiger partial charge in [-0.25, -0.2) is 0 Å². The molecule has 0 aliphatic heterocycles. The maximum absolute atomic E-state index is 10.8. The lowest BCUT2D eigenvalue weighted by molar-refractivity contribution is 0.313. The molecule has 280 valence electrons. The van der Waals surface area contributed by atoms with Crippen molar-refractivity contribution in [1.82, 2.24) is 0 Å². The molecular weight excluding hydrogens is 592 g/mol. The molecule has 1 aromatic carbocycles. The second kappa shape index (κ2) is 25.2. The third-order valence-electron chi connectivity index (χ3n) is 11.2. The van der Waals surface area contributed by atoms with Gasteiger partial charge in [-0.1, -0.05) is 150 Å². The van der Waals surface area contributed by atoms with Crippen LogP contribution in [0.2, 0.25) is 0 Å². The minimum Gasteiger partial charge on any atom is -0.504 e. The van der Waals surface area contributed by atoms with E-state index in [1.54, 1.807) is 0 Å². The highest BCUT2D eigenvalue weighted by molar-refractivity contribution is 5.65. The quantitative estimate of drug-likeness (QED) is 0.0687. The monoisotopic (exact) mass is 673 g/mol. The van der Waals surface area contributed by atoms with E-state index in [1.807, 2.05) is 6.92 Å². The topological polar surface area (TPSA) is 58.9 Å². The summed E-state index contributed by atoms with van der Waals surface area (Å²) in [6.07, 6.45) is 27.2. The lowest BCUT2D eigenvalue weighted by Gasteiger charge is -2.19. The average Bonchev–Trinajstić information content (AvgIpc) is 3.02. The van der Waals surface area contributed by atoms with Gasteiger partial charge in [0.05, 0.1) is 14.2 Å². The van der Waals surface area contributed by atoms with Crippen LogP contribution in [-0.4, -0.2) is 24.4 Å². The van der Waals surface area contributed by atoms with Crippen molar-refractivity contribution < 1.29 is 19.7 Å². The van der Waals surface area contributed by atoms with Gasteiger partial charge in [-0.3, -0.25) is 0 Å². The van der Waals surface area contributed by atoms with Crippen LogP contribution < -0.4 is 9.47 Å². The van der Waals surface area contributed by atoms with Gasteiger partial charge in [0.25, 0.3) is 0 Å². The van der Waals surface area contributed by atoms with Crippen LogP contribution in [0.1, 0.15) is 182 Å². The molecule has 1 rings (SSSR count). The van der Waals surface area contributed by atoms with Crippen molar-refractivity contribution in [3.8, 4) is 23.0 Å². The first-order chi connectivity index (χ1) is 22.8. The SMILES string of the molecule is COc1c(O)c(C)c(CCC(C)CCCC(C)CCCC(C)CCCC(C)CCCC(C)CCCC(C)CCC=C(C)C)c(O)c1OC. The van der Waals surface area contributed by atoms with Crippen molar-refractivity contribution >= 4 is 0 Å². The number of hydrogen-bond donors (Lipinski definition) is 2. The maximum Gasteiger partial charge on any atom is 0.207 e. The number of ether oxygens (including phenoxy) is 2. The molecule has 0 saturated heterocycles. The Balaban J connectivity index is 2.13. The van der Waals surface area contributed by atoms with E-state index in [0.717, 1.165) is 48.0 Å². The summed E-state index contributed by atoms with van der Waals surface area (Å²) < 4.78 is 10.6. The van der Waals surface area contributed by atoms with Crippen LogP contribution in [0.25, 0.3) is 0 Å². The van der Waals surface area contributed by atoms with Gasteiger partial charge < -0.3 is 19.7 Å². The van der Waals surface area contributed by atoms with Gasteiger partial charge in [0.1, 0.15) is 0 Å². The highest BCUT2D eigenvalue weighted by atomic mass is 16.5. The van der Waals surface area contributed by atoms with Crippen molar-refractivity contribution in [2.24, 2.45) is 35.5 Å². The van der Waals surface area contributed by atoms with E-state index in [2.05, 4.69) is 61.5 Å². The zero-order chi connectivity index (χ0) is 36.1. The second-order valence-corrected chi connectivity index (χ2v) is 16.6. The number of phenolic OH excluding ortho intramolecular Hbond substituents is 2. The Labute approximate surface area is 298 Å². The molecule has 0 bridgehead atoms. The van der Waals surface area contributed by atoms with Gasteiger partial charge >= 0.3 is 0 Å². The Kier molecular flexibility index (Phi) is 23.2. The normalized spacial score (nSPS) is 15.4.